The van der Waals surface area contributed by atoms with E-state index in [9.17, 15) is 4.79 Å². The van der Waals surface area contributed by atoms with E-state index < -0.39 is 5.60 Å². The highest BCUT2D eigenvalue weighted by atomic mass is 127. The van der Waals surface area contributed by atoms with Gasteiger partial charge in [-0.15, -0.1) is 0 Å². The van der Waals surface area contributed by atoms with Crippen LogP contribution in [0.15, 0.2) is 30.5 Å². The van der Waals surface area contributed by atoms with Gasteiger partial charge in [-0.25, -0.2) is 4.79 Å². The number of amides is 1. The highest BCUT2D eigenvalue weighted by Crippen LogP contribution is 2.25. The van der Waals surface area contributed by atoms with Crippen LogP contribution in [-0.2, 0) is 11.3 Å². The van der Waals surface area contributed by atoms with E-state index in [1.54, 1.807) is 9.42 Å². The van der Waals surface area contributed by atoms with Crippen LogP contribution in [0.2, 0.25) is 0 Å². The van der Waals surface area contributed by atoms with Crippen molar-refractivity contribution in [2.24, 2.45) is 0 Å². The summed E-state index contributed by atoms with van der Waals surface area (Å²) in [4.78, 5) is 23.6. The minimum absolute atomic E-state index is 0.216. The summed E-state index contributed by atoms with van der Waals surface area (Å²) in [5, 5.41) is 7.94. The summed E-state index contributed by atoms with van der Waals surface area (Å²) in [7, 11) is 0. The second-order valence-corrected chi connectivity index (χ2v) is 11.2. The molecule has 9 nitrogen and oxygen atoms in total. The van der Waals surface area contributed by atoms with E-state index in [4.69, 9.17) is 14.5 Å². The van der Waals surface area contributed by atoms with E-state index in [0.29, 0.717) is 25.6 Å². The molecule has 188 valence electrons. The maximum absolute atomic E-state index is 12.6. The Hall–Kier alpha value is -2.63. The normalized spacial score (nSPS) is 16.5. The number of carbonyl (C=O) groups excluding carboxylic acids is 1. The van der Waals surface area contributed by atoms with E-state index in [1.165, 1.54) is 9.13 Å². The van der Waals surface area contributed by atoms with Gasteiger partial charge in [-0.2, -0.15) is 19.6 Å². The molecule has 0 spiro atoms. The summed E-state index contributed by atoms with van der Waals surface area (Å²) >= 11 is 2.33. The Balaban J connectivity index is 1.56. The molecular formula is C25H33IN6O3. The standard InChI is InChI=1S/C25H33IN6O3/c1-16(2)19-14-28-32-21(19)29-23(30-22(32)27-13-17-9-6-7-11-20(17)26)34-18-10-8-12-31(15-18)24(33)35-25(3,4)5/h6-7,9,11,14,16,18H,8,10,12-13,15H2,1-5H3,(H,27,29,30)/t18-/m1/s1. The van der Waals surface area contributed by atoms with Crippen LogP contribution in [0.3, 0.4) is 0 Å². The third-order valence-electron chi connectivity index (χ3n) is 5.69. The van der Waals surface area contributed by atoms with E-state index in [0.717, 1.165) is 24.1 Å². The maximum Gasteiger partial charge on any atom is 0.410 e. The third kappa shape index (κ3) is 6.33. The number of nitrogens with zero attached hydrogens (tertiary/aromatic N) is 5. The monoisotopic (exact) mass is 592 g/mol. The fourth-order valence-electron chi connectivity index (χ4n) is 3.94. The Morgan fingerprint density at radius 2 is 2.03 bits per heavy atom. The Bertz CT molecular complexity index is 1190. The van der Waals surface area contributed by atoms with Gasteiger partial charge >= 0.3 is 12.1 Å². The van der Waals surface area contributed by atoms with Crippen LogP contribution in [0.4, 0.5) is 10.7 Å². The lowest BCUT2D eigenvalue weighted by Gasteiger charge is -2.33. The number of hydrogen-bond acceptors (Lipinski definition) is 7. The number of aromatic nitrogens is 4. The van der Waals surface area contributed by atoms with Crippen LogP contribution in [-0.4, -0.2) is 55.4 Å². The van der Waals surface area contributed by atoms with Gasteiger partial charge in [0, 0.05) is 22.2 Å². The van der Waals surface area contributed by atoms with E-state index in [1.807, 2.05) is 39.1 Å². The van der Waals surface area contributed by atoms with Crippen molar-refractivity contribution in [1.29, 1.82) is 0 Å². The Morgan fingerprint density at radius 3 is 2.74 bits per heavy atom. The zero-order chi connectivity index (χ0) is 25.2. The highest BCUT2D eigenvalue weighted by Gasteiger charge is 2.29. The van der Waals surface area contributed by atoms with Gasteiger partial charge in [-0.3, -0.25) is 0 Å². The van der Waals surface area contributed by atoms with E-state index in [2.05, 4.69) is 64.0 Å². The number of carbonyl (C=O) groups is 1. The minimum Gasteiger partial charge on any atom is -0.458 e. The van der Waals surface area contributed by atoms with Gasteiger partial charge in [0.1, 0.15) is 11.7 Å². The molecule has 0 unspecified atom stereocenters. The zero-order valence-corrected chi connectivity index (χ0v) is 23.1. The molecule has 1 fully saturated rings. The molecule has 1 atom stereocenters. The molecule has 35 heavy (non-hydrogen) atoms. The second kappa shape index (κ2) is 10.5. The first-order chi connectivity index (χ1) is 16.6. The van der Waals surface area contributed by atoms with Crippen LogP contribution in [0, 0.1) is 3.57 Å². The lowest BCUT2D eigenvalue weighted by Crippen LogP contribution is -2.46. The van der Waals surface area contributed by atoms with Gasteiger partial charge in [0.05, 0.1) is 12.7 Å². The molecule has 1 aliphatic rings. The number of nitrogens with one attached hydrogen (secondary N) is 1. The molecule has 1 aliphatic heterocycles. The fraction of sp³-hybridized carbons (Fsp3) is 0.520. The molecule has 1 N–H and O–H groups in total. The van der Waals surface area contributed by atoms with Crippen molar-refractivity contribution in [3.8, 4) is 6.01 Å². The summed E-state index contributed by atoms with van der Waals surface area (Å²) in [6.45, 7) is 11.5. The van der Waals surface area contributed by atoms with Crippen molar-refractivity contribution < 1.29 is 14.3 Å². The van der Waals surface area contributed by atoms with Crippen molar-refractivity contribution in [3.05, 3.63) is 45.2 Å². The number of hydrogen-bond donors (Lipinski definition) is 1. The van der Waals surface area contributed by atoms with Crippen molar-refractivity contribution in [1.82, 2.24) is 24.5 Å². The molecule has 0 aliphatic carbocycles. The SMILES string of the molecule is CC(C)c1cnn2c(NCc3ccccc3I)nc(O[C@@H]3CCCN(C(=O)OC(C)(C)C)C3)nc12. The highest BCUT2D eigenvalue weighted by molar-refractivity contribution is 14.1. The summed E-state index contributed by atoms with van der Waals surface area (Å²) in [5.74, 6) is 0.812. The van der Waals surface area contributed by atoms with E-state index >= 15 is 0 Å². The van der Waals surface area contributed by atoms with Crippen LogP contribution in [0.1, 0.15) is 64.5 Å². The summed E-state index contributed by atoms with van der Waals surface area (Å²) in [6.07, 6.45) is 2.94. The number of piperidine rings is 1. The molecule has 0 bridgehead atoms. The molecule has 0 saturated carbocycles. The van der Waals surface area contributed by atoms with Gasteiger partial charge in [-0.1, -0.05) is 32.0 Å². The summed E-state index contributed by atoms with van der Waals surface area (Å²) in [6, 6.07) is 8.48. The lowest BCUT2D eigenvalue weighted by molar-refractivity contribution is 0.00662. The Morgan fingerprint density at radius 1 is 1.26 bits per heavy atom. The predicted molar refractivity (Wildman–Crippen MR) is 143 cm³/mol. The van der Waals surface area contributed by atoms with Crippen LogP contribution < -0.4 is 10.1 Å². The van der Waals surface area contributed by atoms with Gasteiger partial charge in [0.2, 0.25) is 5.95 Å². The zero-order valence-electron chi connectivity index (χ0n) is 20.9. The van der Waals surface area contributed by atoms with Crippen molar-refractivity contribution >= 4 is 40.3 Å². The van der Waals surface area contributed by atoms with Gasteiger partial charge < -0.3 is 19.7 Å². The number of likely N-dealkylation sites (tertiary alicyclic amines) is 1. The number of benzene rings is 1. The quantitative estimate of drug-likeness (QED) is 0.392. The average molecular weight is 592 g/mol. The van der Waals surface area contributed by atoms with Gasteiger partial charge in [0.25, 0.3) is 0 Å². The first-order valence-corrected chi connectivity index (χ1v) is 13.1. The number of ether oxygens (including phenoxy) is 2. The topological polar surface area (TPSA) is 93.9 Å². The molecule has 1 aromatic carbocycles. The van der Waals surface area contributed by atoms with Gasteiger partial charge in [-0.05, 0) is 73.8 Å². The number of fused-ring (bicyclic) bond motifs is 1. The minimum atomic E-state index is -0.536. The molecule has 10 heteroatoms. The second-order valence-electron chi connectivity index (χ2n) is 10.1. The lowest BCUT2D eigenvalue weighted by atomic mass is 10.1. The fourth-order valence-corrected chi connectivity index (χ4v) is 4.52. The van der Waals surface area contributed by atoms with Crippen molar-refractivity contribution in [2.75, 3.05) is 18.4 Å². The molecule has 0 radical (unpaired) electrons. The molecule has 1 saturated heterocycles. The molecule has 3 heterocycles. The molecule has 3 aromatic rings. The summed E-state index contributed by atoms with van der Waals surface area (Å²) < 4.78 is 14.7. The number of anilines is 1. The van der Waals surface area contributed by atoms with Crippen molar-refractivity contribution in [3.63, 3.8) is 0 Å². The largest absolute Gasteiger partial charge is 0.458 e. The summed E-state index contributed by atoms with van der Waals surface area (Å²) in [5.41, 5.74) is 2.37. The van der Waals surface area contributed by atoms with Crippen LogP contribution >= 0.6 is 22.6 Å². The molecule has 4 rings (SSSR count). The maximum atomic E-state index is 12.6. The number of halogens is 1. The smallest absolute Gasteiger partial charge is 0.410 e. The first kappa shape index (κ1) is 25.5. The van der Waals surface area contributed by atoms with E-state index in [-0.39, 0.29) is 24.1 Å². The Labute approximate surface area is 219 Å². The van der Waals surface area contributed by atoms with Crippen molar-refractivity contribution in [2.45, 2.75) is 71.6 Å². The van der Waals surface area contributed by atoms with Crippen LogP contribution in [0.5, 0.6) is 6.01 Å². The Kier molecular flexibility index (Phi) is 7.67. The third-order valence-corrected chi connectivity index (χ3v) is 6.75. The predicted octanol–water partition coefficient (Wildman–Crippen LogP) is 5.24. The molecular weight excluding hydrogens is 559 g/mol. The molecule has 1 amide bonds. The average Bonchev–Trinajstić information content (AvgIpc) is 3.22. The first-order valence-electron chi connectivity index (χ1n) is 12.0. The molecule has 2 aromatic heterocycles. The number of rotatable bonds is 6. The van der Waals surface area contributed by atoms with Crippen LogP contribution in [0.25, 0.3) is 5.65 Å². The van der Waals surface area contributed by atoms with Gasteiger partial charge in [0.15, 0.2) is 5.65 Å².